The molecule has 1 heterocycles. The SMILES string of the molecule is Cc1cc(C)cc(N(CCC(=O)O)S(=O)(=O)c2cnc(C)s2)c1. The summed E-state index contributed by atoms with van der Waals surface area (Å²) in [5.41, 5.74) is 2.29. The molecule has 0 fully saturated rings. The van der Waals surface area contributed by atoms with E-state index in [1.54, 1.807) is 19.1 Å². The quantitative estimate of drug-likeness (QED) is 0.862. The number of thiazole rings is 1. The third-order valence-corrected chi connectivity index (χ3v) is 6.34. The summed E-state index contributed by atoms with van der Waals surface area (Å²) in [5.74, 6) is -1.05. The summed E-state index contributed by atoms with van der Waals surface area (Å²) in [7, 11) is -3.84. The fourth-order valence-electron chi connectivity index (χ4n) is 2.25. The van der Waals surface area contributed by atoms with Gasteiger partial charge < -0.3 is 5.11 Å². The Balaban J connectivity index is 2.51. The molecule has 0 radical (unpaired) electrons. The molecule has 0 bridgehead atoms. The summed E-state index contributed by atoms with van der Waals surface area (Å²) in [6.45, 7) is 5.34. The molecule has 0 atom stereocenters. The van der Waals surface area contributed by atoms with E-state index >= 15 is 0 Å². The topological polar surface area (TPSA) is 87.6 Å². The molecule has 8 heteroatoms. The zero-order valence-electron chi connectivity index (χ0n) is 13.1. The minimum absolute atomic E-state index is 0.111. The highest BCUT2D eigenvalue weighted by molar-refractivity contribution is 7.94. The Morgan fingerprint density at radius 1 is 1.22 bits per heavy atom. The average molecular weight is 354 g/mol. The first-order valence-electron chi connectivity index (χ1n) is 6.95. The molecule has 1 N–H and O–H groups in total. The van der Waals surface area contributed by atoms with Gasteiger partial charge in [-0.05, 0) is 44.0 Å². The van der Waals surface area contributed by atoms with Gasteiger partial charge in [-0.3, -0.25) is 9.10 Å². The first kappa shape index (κ1) is 17.4. The Kier molecular flexibility index (Phi) is 5.06. The van der Waals surface area contributed by atoms with E-state index in [2.05, 4.69) is 4.98 Å². The number of aromatic nitrogens is 1. The van der Waals surface area contributed by atoms with Crippen molar-refractivity contribution < 1.29 is 18.3 Å². The second kappa shape index (κ2) is 6.67. The zero-order valence-corrected chi connectivity index (χ0v) is 14.7. The third kappa shape index (κ3) is 4.08. The Hall–Kier alpha value is -1.93. The van der Waals surface area contributed by atoms with E-state index in [0.717, 1.165) is 26.8 Å². The van der Waals surface area contributed by atoms with Crippen LogP contribution in [0.4, 0.5) is 5.69 Å². The Morgan fingerprint density at radius 2 is 1.83 bits per heavy atom. The summed E-state index contributed by atoms with van der Waals surface area (Å²) < 4.78 is 27.0. The summed E-state index contributed by atoms with van der Waals surface area (Å²) in [5, 5.41) is 9.57. The first-order chi connectivity index (χ1) is 10.7. The molecule has 0 aliphatic carbocycles. The number of carboxylic acids is 1. The predicted octanol–water partition coefficient (Wildman–Crippen LogP) is 2.74. The third-order valence-electron chi connectivity index (χ3n) is 3.17. The van der Waals surface area contributed by atoms with Crippen LogP contribution in [0.25, 0.3) is 0 Å². The standard InChI is InChI=1S/C15H18N2O4S2/c1-10-6-11(2)8-13(7-10)17(5-4-14(18)19)23(20,21)15-9-16-12(3)22-15/h6-9H,4-5H2,1-3H3,(H,18,19). The van der Waals surface area contributed by atoms with Crippen LogP contribution in [0.3, 0.4) is 0 Å². The maximum atomic E-state index is 12.9. The normalized spacial score (nSPS) is 11.4. The van der Waals surface area contributed by atoms with Crippen LogP contribution in [-0.4, -0.2) is 31.0 Å². The lowest BCUT2D eigenvalue weighted by Gasteiger charge is -2.23. The first-order valence-corrected chi connectivity index (χ1v) is 9.21. The van der Waals surface area contributed by atoms with Crippen molar-refractivity contribution in [3.8, 4) is 0 Å². The second-order valence-corrected chi connectivity index (χ2v) is 8.59. The fraction of sp³-hybridized carbons (Fsp3) is 0.333. The number of hydrogen-bond donors (Lipinski definition) is 1. The van der Waals surface area contributed by atoms with Crippen molar-refractivity contribution in [2.75, 3.05) is 10.8 Å². The van der Waals surface area contributed by atoms with Gasteiger partial charge >= 0.3 is 5.97 Å². The Bertz CT molecular complexity index is 808. The lowest BCUT2D eigenvalue weighted by molar-refractivity contribution is -0.136. The number of hydrogen-bond acceptors (Lipinski definition) is 5. The fourth-order valence-corrected chi connectivity index (χ4v) is 4.92. The number of carbonyl (C=O) groups is 1. The highest BCUT2D eigenvalue weighted by Gasteiger charge is 2.27. The molecule has 1 aromatic carbocycles. The van der Waals surface area contributed by atoms with Gasteiger partial charge in [-0.15, -0.1) is 11.3 Å². The number of aryl methyl sites for hydroxylation is 3. The number of rotatable bonds is 6. The van der Waals surface area contributed by atoms with Gasteiger partial charge in [-0.1, -0.05) is 6.07 Å². The number of carboxylic acid groups (broad SMARTS) is 1. The van der Waals surface area contributed by atoms with Crippen LogP contribution < -0.4 is 4.31 Å². The van der Waals surface area contributed by atoms with E-state index in [1.807, 2.05) is 19.9 Å². The number of sulfonamides is 1. The van der Waals surface area contributed by atoms with Crippen LogP contribution in [0.5, 0.6) is 0 Å². The Morgan fingerprint density at radius 3 is 2.30 bits per heavy atom. The van der Waals surface area contributed by atoms with Crippen LogP contribution in [0.15, 0.2) is 28.6 Å². The van der Waals surface area contributed by atoms with Gasteiger partial charge in [-0.2, -0.15) is 0 Å². The summed E-state index contributed by atoms with van der Waals surface area (Å²) in [4.78, 5) is 14.9. The highest BCUT2D eigenvalue weighted by atomic mass is 32.2. The van der Waals surface area contributed by atoms with E-state index < -0.39 is 16.0 Å². The summed E-state index contributed by atoms with van der Waals surface area (Å²) in [6, 6.07) is 5.41. The maximum absolute atomic E-state index is 12.9. The largest absolute Gasteiger partial charge is 0.481 e. The molecule has 0 saturated heterocycles. The molecule has 0 spiro atoms. The molecule has 2 rings (SSSR count). The minimum Gasteiger partial charge on any atom is -0.481 e. The van der Waals surface area contributed by atoms with Crippen molar-refractivity contribution >= 4 is 33.0 Å². The number of aliphatic carboxylic acids is 1. The van der Waals surface area contributed by atoms with E-state index in [0.29, 0.717) is 10.7 Å². The average Bonchev–Trinajstić information content (AvgIpc) is 2.84. The molecule has 0 aliphatic heterocycles. The summed E-state index contributed by atoms with van der Waals surface area (Å²) >= 11 is 1.07. The van der Waals surface area contributed by atoms with Crippen molar-refractivity contribution in [2.45, 2.75) is 31.4 Å². The maximum Gasteiger partial charge on any atom is 0.305 e. The van der Waals surface area contributed by atoms with Crippen molar-refractivity contribution in [1.82, 2.24) is 4.98 Å². The molecule has 0 aliphatic rings. The summed E-state index contributed by atoms with van der Waals surface area (Å²) in [6.07, 6.45) is 1.04. The van der Waals surface area contributed by atoms with E-state index in [4.69, 9.17) is 5.11 Å². The highest BCUT2D eigenvalue weighted by Crippen LogP contribution is 2.28. The monoisotopic (exact) mass is 354 g/mol. The number of nitrogens with zero attached hydrogens (tertiary/aromatic N) is 2. The van der Waals surface area contributed by atoms with Crippen LogP contribution in [-0.2, 0) is 14.8 Å². The van der Waals surface area contributed by atoms with Gasteiger partial charge in [-0.25, -0.2) is 13.4 Å². The second-order valence-electron chi connectivity index (χ2n) is 5.27. The smallest absolute Gasteiger partial charge is 0.305 e. The molecular weight excluding hydrogens is 336 g/mol. The van der Waals surface area contributed by atoms with Crippen LogP contribution in [0, 0.1) is 20.8 Å². The number of anilines is 1. The van der Waals surface area contributed by atoms with Gasteiger partial charge in [0, 0.05) is 6.54 Å². The lowest BCUT2D eigenvalue weighted by atomic mass is 10.1. The van der Waals surface area contributed by atoms with E-state index in [1.165, 1.54) is 6.20 Å². The molecule has 124 valence electrons. The van der Waals surface area contributed by atoms with Gasteiger partial charge in [0.2, 0.25) is 0 Å². The van der Waals surface area contributed by atoms with Crippen molar-refractivity contribution in [3.63, 3.8) is 0 Å². The molecular formula is C15H18N2O4S2. The lowest BCUT2D eigenvalue weighted by Crippen LogP contribution is -2.32. The molecule has 6 nitrogen and oxygen atoms in total. The van der Waals surface area contributed by atoms with Gasteiger partial charge in [0.25, 0.3) is 10.0 Å². The number of benzene rings is 1. The van der Waals surface area contributed by atoms with Crippen molar-refractivity contribution in [2.24, 2.45) is 0 Å². The zero-order chi connectivity index (χ0) is 17.2. The molecule has 0 amide bonds. The van der Waals surface area contributed by atoms with E-state index in [9.17, 15) is 13.2 Å². The minimum atomic E-state index is -3.84. The molecule has 0 saturated carbocycles. The molecule has 2 aromatic rings. The van der Waals surface area contributed by atoms with Crippen molar-refractivity contribution in [1.29, 1.82) is 0 Å². The van der Waals surface area contributed by atoms with Gasteiger partial charge in [0.05, 0.1) is 23.3 Å². The molecule has 23 heavy (non-hydrogen) atoms. The van der Waals surface area contributed by atoms with Crippen molar-refractivity contribution in [3.05, 3.63) is 40.5 Å². The van der Waals surface area contributed by atoms with E-state index in [-0.39, 0.29) is 17.2 Å². The van der Waals surface area contributed by atoms with Crippen LogP contribution in [0.2, 0.25) is 0 Å². The van der Waals surface area contributed by atoms with Gasteiger partial charge in [0.1, 0.15) is 0 Å². The molecule has 0 unspecified atom stereocenters. The predicted molar refractivity (Wildman–Crippen MR) is 89.6 cm³/mol. The van der Waals surface area contributed by atoms with Crippen LogP contribution >= 0.6 is 11.3 Å². The Labute approximate surface area is 139 Å². The van der Waals surface area contributed by atoms with Gasteiger partial charge in [0.15, 0.2) is 4.21 Å². The molecule has 1 aromatic heterocycles. The van der Waals surface area contributed by atoms with Crippen LogP contribution in [0.1, 0.15) is 22.6 Å².